The number of nitrogens with zero attached hydrogens (tertiary/aromatic N) is 3. The molecule has 0 saturated carbocycles. The van der Waals surface area contributed by atoms with Crippen LogP contribution in [0.4, 0.5) is 24.7 Å². The molecule has 1 saturated heterocycles. The van der Waals surface area contributed by atoms with E-state index in [9.17, 15) is 18.0 Å². The Balaban J connectivity index is 1.70. The molecule has 29 heavy (non-hydrogen) atoms. The number of benzene rings is 2. The van der Waals surface area contributed by atoms with Crippen LogP contribution in [0.15, 0.2) is 49.3 Å². The van der Waals surface area contributed by atoms with Gasteiger partial charge in [-0.25, -0.2) is 23.1 Å². The van der Waals surface area contributed by atoms with Crippen LogP contribution in [0, 0.1) is 17.5 Å². The number of fused-ring (bicyclic) bond motifs is 1. The molecule has 5 nitrogen and oxygen atoms in total. The van der Waals surface area contributed by atoms with Gasteiger partial charge in [-0.2, -0.15) is 0 Å². The van der Waals surface area contributed by atoms with Gasteiger partial charge in [0.1, 0.15) is 12.1 Å². The molecule has 8 heteroatoms. The van der Waals surface area contributed by atoms with E-state index in [0.717, 1.165) is 17.7 Å². The number of aromatic nitrogens is 2. The monoisotopic (exact) mass is 398 g/mol. The van der Waals surface area contributed by atoms with Crippen LogP contribution in [0.1, 0.15) is 12.5 Å². The molecule has 3 aromatic rings. The van der Waals surface area contributed by atoms with Crippen LogP contribution in [0.2, 0.25) is 0 Å². The van der Waals surface area contributed by atoms with E-state index in [1.807, 2.05) is 25.1 Å². The maximum absolute atomic E-state index is 14.1. The van der Waals surface area contributed by atoms with E-state index in [1.165, 1.54) is 12.4 Å². The molecule has 2 aromatic carbocycles. The summed E-state index contributed by atoms with van der Waals surface area (Å²) < 4.78 is 40.8. The van der Waals surface area contributed by atoms with Crippen molar-refractivity contribution in [1.29, 1.82) is 0 Å². The minimum Gasteiger partial charge on any atom is -0.337 e. The van der Waals surface area contributed by atoms with E-state index in [1.54, 1.807) is 4.90 Å². The number of rotatable bonds is 4. The predicted octanol–water partition coefficient (Wildman–Crippen LogP) is 4.08. The van der Waals surface area contributed by atoms with Gasteiger partial charge in [-0.05, 0) is 35.9 Å². The molecule has 1 aromatic heterocycles. The van der Waals surface area contributed by atoms with Crippen molar-refractivity contribution in [3.8, 4) is 0 Å². The van der Waals surface area contributed by atoms with E-state index < -0.39 is 17.5 Å². The van der Waals surface area contributed by atoms with Crippen molar-refractivity contribution in [3.05, 3.63) is 72.3 Å². The molecular formula is C21H17F3N4O. The van der Waals surface area contributed by atoms with E-state index in [4.69, 9.17) is 0 Å². The fourth-order valence-corrected chi connectivity index (χ4v) is 3.55. The first-order valence-electron chi connectivity index (χ1n) is 8.89. The quantitative estimate of drug-likeness (QED) is 0.532. The minimum absolute atomic E-state index is 0.122. The highest BCUT2D eigenvalue weighted by Gasteiger charge is 2.42. The van der Waals surface area contributed by atoms with Crippen molar-refractivity contribution in [2.75, 3.05) is 18.4 Å². The number of hydrogen-bond donors (Lipinski definition) is 1. The van der Waals surface area contributed by atoms with Crippen LogP contribution >= 0.6 is 0 Å². The van der Waals surface area contributed by atoms with Crippen LogP contribution in [0.25, 0.3) is 10.9 Å². The lowest BCUT2D eigenvalue weighted by atomic mass is 9.75. The number of carbonyl (C=O) groups excluding carboxylic acids is 1. The fraction of sp³-hybridized carbons (Fsp3) is 0.190. The topological polar surface area (TPSA) is 58.1 Å². The molecule has 1 aliphatic heterocycles. The average molecular weight is 398 g/mol. The van der Waals surface area contributed by atoms with Crippen molar-refractivity contribution >= 4 is 28.3 Å². The smallest absolute Gasteiger partial charge is 0.246 e. The summed E-state index contributed by atoms with van der Waals surface area (Å²) >= 11 is 0. The summed E-state index contributed by atoms with van der Waals surface area (Å²) in [4.78, 5) is 21.8. The molecule has 1 aliphatic rings. The van der Waals surface area contributed by atoms with Gasteiger partial charge in [0.05, 0.1) is 11.2 Å². The van der Waals surface area contributed by atoms with Crippen molar-refractivity contribution in [1.82, 2.24) is 14.9 Å². The molecule has 1 amide bonds. The van der Waals surface area contributed by atoms with Crippen LogP contribution in [0.5, 0.6) is 0 Å². The number of halogens is 3. The van der Waals surface area contributed by atoms with Gasteiger partial charge >= 0.3 is 0 Å². The zero-order valence-corrected chi connectivity index (χ0v) is 15.5. The lowest BCUT2D eigenvalue weighted by Crippen LogP contribution is -2.59. The number of likely N-dealkylation sites (tertiary alicyclic amines) is 1. The van der Waals surface area contributed by atoms with Crippen molar-refractivity contribution in [3.63, 3.8) is 0 Å². The van der Waals surface area contributed by atoms with Gasteiger partial charge in [-0.15, -0.1) is 0 Å². The molecular weight excluding hydrogens is 381 g/mol. The summed E-state index contributed by atoms with van der Waals surface area (Å²) in [7, 11) is 0. The lowest BCUT2D eigenvalue weighted by Gasteiger charge is -2.48. The zero-order valence-electron chi connectivity index (χ0n) is 15.5. The van der Waals surface area contributed by atoms with Crippen LogP contribution in [0.3, 0.4) is 0 Å². The number of amides is 1. The Morgan fingerprint density at radius 3 is 2.66 bits per heavy atom. The number of hydrogen-bond acceptors (Lipinski definition) is 4. The highest BCUT2D eigenvalue weighted by molar-refractivity contribution is 5.92. The van der Waals surface area contributed by atoms with E-state index in [2.05, 4.69) is 21.9 Å². The molecule has 0 aliphatic carbocycles. The second-order valence-corrected chi connectivity index (χ2v) is 7.26. The molecule has 1 N–H and O–H groups in total. The summed E-state index contributed by atoms with van der Waals surface area (Å²) in [5, 5.41) is 3.32. The maximum Gasteiger partial charge on any atom is 0.246 e. The second kappa shape index (κ2) is 6.88. The van der Waals surface area contributed by atoms with Gasteiger partial charge in [0.15, 0.2) is 17.5 Å². The Labute approximate surface area is 164 Å². The summed E-state index contributed by atoms with van der Waals surface area (Å²) in [6, 6.07) is 7.55. The van der Waals surface area contributed by atoms with E-state index >= 15 is 0 Å². The highest BCUT2D eigenvalue weighted by atomic mass is 19.2. The van der Waals surface area contributed by atoms with Crippen LogP contribution < -0.4 is 5.32 Å². The Hall–Kier alpha value is -3.42. The molecule has 0 atom stereocenters. The van der Waals surface area contributed by atoms with Gasteiger partial charge in [-0.3, -0.25) is 4.79 Å². The van der Waals surface area contributed by atoms with Crippen molar-refractivity contribution in [2.24, 2.45) is 0 Å². The number of carbonyl (C=O) groups is 1. The Kier molecular flexibility index (Phi) is 4.49. The first kappa shape index (κ1) is 18.9. The predicted molar refractivity (Wildman–Crippen MR) is 103 cm³/mol. The highest BCUT2D eigenvalue weighted by Crippen LogP contribution is 2.37. The molecule has 1 fully saturated rings. The third-order valence-corrected chi connectivity index (χ3v) is 5.19. The van der Waals surface area contributed by atoms with Crippen LogP contribution in [-0.4, -0.2) is 33.9 Å². The molecule has 4 rings (SSSR count). The van der Waals surface area contributed by atoms with E-state index in [-0.39, 0.29) is 22.8 Å². The van der Waals surface area contributed by atoms with Gasteiger partial charge < -0.3 is 10.2 Å². The molecule has 2 heterocycles. The third kappa shape index (κ3) is 3.20. The Morgan fingerprint density at radius 1 is 1.17 bits per heavy atom. The summed E-state index contributed by atoms with van der Waals surface area (Å²) in [6.07, 6.45) is 2.59. The third-order valence-electron chi connectivity index (χ3n) is 5.19. The maximum atomic E-state index is 14.1. The molecule has 0 radical (unpaired) electrons. The second-order valence-electron chi connectivity index (χ2n) is 7.26. The van der Waals surface area contributed by atoms with Gasteiger partial charge in [0.25, 0.3) is 0 Å². The SMILES string of the molecule is C=CC(=O)N1CC(C)(c2ccc3ncnc(Nc4ccc(F)c(F)c4F)c3c2)C1. The Bertz CT molecular complexity index is 1140. The molecule has 0 bridgehead atoms. The first-order chi connectivity index (χ1) is 13.8. The fourth-order valence-electron chi connectivity index (χ4n) is 3.55. The zero-order chi connectivity index (χ0) is 20.8. The molecule has 0 spiro atoms. The number of anilines is 2. The standard InChI is InChI=1S/C21H17F3N4O/c1-3-17(29)28-9-21(2,10-28)12-4-6-15-13(8-12)20(26-11-25-15)27-16-7-5-14(22)18(23)19(16)24/h3-8,11H,1,9-10H2,2H3,(H,25,26,27). The van der Waals surface area contributed by atoms with Gasteiger partial charge in [0.2, 0.25) is 5.91 Å². The average Bonchev–Trinajstić information content (AvgIpc) is 2.71. The first-order valence-corrected chi connectivity index (χ1v) is 8.89. The largest absolute Gasteiger partial charge is 0.337 e. The minimum atomic E-state index is -1.55. The summed E-state index contributed by atoms with van der Waals surface area (Å²) in [5.41, 5.74) is 1.08. The van der Waals surface area contributed by atoms with Gasteiger partial charge in [-0.1, -0.05) is 19.6 Å². The Morgan fingerprint density at radius 2 is 1.93 bits per heavy atom. The lowest BCUT2D eigenvalue weighted by molar-refractivity contribution is -0.133. The molecule has 0 unspecified atom stereocenters. The summed E-state index contributed by atoms with van der Waals surface area (Å²) in [6.45, 7) is 6.61. The number of nitrogens with one attached hydrogen (secondary N) is 1. The van der Waals surface area contributed by atoms with Crippen LogP contribution in [-0.2, 0) is 10.2 Å². The summed E-state index contributed by atoms with van der Waals surface area (Å²) in [5.74, 6) is -3.99. The van der Waals surface area contributed by atoms with Gasteiger partial charge in [0, 0.05) is 23.9 Å². The molecule has 148 valence electrons. The van der Waals surface area contributed by atoms with Crippen molar-refractivity contribution < 1.29 is 18.0 Å². The van der Waals surface area contributed by atoms with E-state index in [0.29, 0.717) is 24.0 Å². The normalized spacial score (nSPS) is 15.1. The van der Waals surface area contributed by atoms with Crippen molar-refractivity contribution in [2.45, 2.75) is 12.3 Å².